The lowest BCUT2D eigenvalue weighted by molar-refractivity contribution is 0.0784. The number of benzene rings is 1. The maximum absolute atomic E-state index is 12.2. The number of aromatic nitrogens is 1. The zero-order chi connectivity index (χ0) is 13.7. The van der Waals surface area contributed by atoms with Gasteiger partial charge < -0.3 is 4.90 Å². The fourth-order valence-electron chi connectivity index (χ4n) is 1.94. The highest BCUT2D eigenvalue weighted by Crippen LogP contribution is 2.09. The average molecular weight is 254 g/mol. The minimum absolute atomic E-state index is 0.00679. The molecule has 0 spiro atoms. The van der Waals surface area contributed by atoms with E-state index in [2.05, 4.69) is 36.2 Å². The van der Waals surface area contributed by atoms with Gasteiger partial charge in [-0.25, -0.2) is 0 Å². The number of hydrogen-bond donors (Lipinski definition) is 0. The molecule has 2 aromatic rings. The molecule has 0 atom stereocenters. The van der Waals surface area contributed by atoms with Crippen LogP contribution in [0, 0.1) is 0 Å². The molecule has 3 nitrogen and oxygen atoms in total. The molecule has 2 rings (SSSR count). The lowest BCUT2D eigenvalue weighted by atomic mass is 10.1. The Bertz CT molecular complexity index is 534. The Morgan fingerprint density at radius 2 is 1.84 bits per heavy atom. The second-order valence-electron chi connectivity index (χ2n) is 4.57. The van der Waals surface area contributed by atoms with Crippen molar-refractivity contribution in [3.63, 3.8) is 0 Å². The van der Waals surface area contributed by atoms with Crippen molar-refractivity contribution in [1.29, 1.82) is 0 Å². The van der Waals surface area contributed by atoms with E-state index >= 15 is 0 Å². The summed E-state index contributed by atoms with van der Waals surface area (Å²) in [6, 6.07) is 11.9. The van der Waals surface area contributed by atoms with Crippen molar-refractivity contribution in [3.05, 3.63) is 65.5 Å². The molecule has 0 saturated heterocycles. The summed E-state index contributed by atoms with van der Waals surface area (Å²) in [7, 11) is 1.81. The average Bonchev–Trinajstić information content (AvgIpc) is 2.48. The number of rotatable bonds is 4. The number of carbonyl (C=O) groups is 1. The molecular formula is C16H18N2O. The van der Waals surface area contributed by atoms with Crippen LogP contribution in [0.25, 0.3) is 0 Å². The van der Waals surface area contributed by atoms with Gasteiger partial charge in [-0.15, -0.1) is 0 Å². The van der Waals surface area contributed by atoms with Crippen molar-refractivity contribution in [3.8, 4) is 0 Å². The van der Waals surface area contributed by atoms with Crippen molar-refractivity contribution in [2.75, 3.05) is 7.05 Å². The van der Waals surface area contributed by atoms with Gasteiger partial charge in [0.05, 0.1) is 5.56 Å². The first kappa shape index (κ1) is 13.3. The molecule has 19 heavy (non-hydrogen) atoms. The Hall–Kier alpha value is -2.16. The summed E-state index contributed by atoms with van der Waals surface area (Å²) >= 11 is 0. The van der Waals surface area contributed by atoms with Crippen LogP contribution in [-0.2, 0) is 13.0 Å². The topological polar surface area (TPSA) is 33.2 Å². The summed E-state index contributed by atoms with van der Waals surface area (Å²) in [5.41, 5.74) is 3.07. The molecule has 0 fully saturated rings. The maximum Gasteiger partial charge on any atom is 0.255 e. The van der Waals surface area contributed by atoms with E-state index in [0.29, 0.717) is 12.1 Å². The summed E-state index contributed by atoms with van der Waals surface area (Å²) in [6.45, 7) is 2.74. The van der Waals surface area contributed by atoms with E-state index in [9.17, 15) is 4.79 Å². The highest BCUT2D eigenvalue weighted by Gasteiger charge is 2.11. The minimum Gasteiger partial charge on any atom is -0.337 e. The Morgan fingerprint density at radius 1 is 1.16 bits per heavy atom. The largest absolute Gasteiger partial charge is 0.337 e. The summed E-state index contributed by atoms with van der Waals surface area (Å²) in [5.74, 6) is -0.00679. The van der Waals surface area contributed by atoms with Gasteiger partial charge in [-0.05, 0) is 29.7 Å². The smallest absolute Gasteiger partial charge is 0.255 e. The molecule has 1 heterocycles. The monoisotopic (exact) mass is 254 g/mol. The second-order valence-corrected chi connectivity index (χ2v) is 4.57. The van der Waals surface area contributed by atoms with E-state index in [1.165, 1.54) is 5.56 Å². The lowest BCUT2D eigenvalue weighted by Crippen LogP contribution is -2.26. The number of hydrogen-bond acceptors (Lipinski definition) is 2. The highest BCUT2D eigenvalue weighted by molar-refractivity contribution is 5.93. The van der Waals surface area contributed by atoms with Crippen LogP contribution in [0.1, 0.15) is 28.4 Å². The van der Waals surface area contributed by atoms with Gasteiger partial charge >= 0.3 is 0 Å². The predicted octanol–water partition coefficient (Wildman–Crippen LogP) is 2.92. The fraction of sp³-hybridized carbons (Fsp3) is 0.250. The fourth-order valence-corrected chi connectivity index (χ4v) is 1.94. The number of aryl methyl sites for hydroxylation is 1. The van der Waals surface area contributed by atoms with Crippen molar-refractivity contribution in [1.82, 2.24) is 9.88 Å². The van der Waals surface area contributed by atoms with E-state index in [1.807, 2.05) is 7.05 Å². The molecule has 0 aliphatic carbocycles. The van der Waals surface area contributed by atoms with Crippen LogP contribution < -0.4 is 0 Å². The molecule has 1 aromatic heterocycles. The third-order valence-electron chi connectivity index (χ3n) is 3.11. The van der Waals surface area contributed by atoms with E-state index in [-0.39, 0.29) is 5.91 Å². The van der Waals surface area contributed by atoms with E-state index in [0.717, 1.165) is 12.0 Å². The molecule has 98 valence electrons. The summed E-state index contributed by atoms with van der Waals surface area (Å²) < 4.78 is 0. The van der Waals surface area contributed by atoms with Gasteiger partial charge in [-0.1, -0.05) is 31.2 Å². The molecule has 0 N–H and O–H groups in total. The van der Waals surface area contributed by atoms with Gasteiger partial charge in [0.1, 0.15) is 0 Å². The van der Waals surface area contributed by atoms with E-state index in [4.69, 9.17) is 0 Å². The van der Waals surface area contributed by atoms with Crippen LogP contribution in [0.15, 0.2) is 48.8 Å². The molecule has 0 unspecified atom stereocenters. The van der Waals surface area contributed by atoms with Crippen LogP contribution in [0.3, 0.4) is 0 Å². The van der Waals surface area contributed by atoms with Crippen LogP contribution in [-0.4, -0.2) is 22.8 Å². The van der Waals surface area contributed by atoms with E-state index < -0.39 is 0 Å². The quantitative estimate of drug-likeness (QED) is 0.840. The first-order valence-corrected chi connectivity index (χ1v) is 6.44. The third-order valence-corrected chi connectivity index (χ3v) is 3.11. The van der Waals surface area contributed by atoms with Gasteiger partial charge in [-0.3, -0.25) is 9.78 Å². The molecule has 3 heteroatoms. The van der Waals surface area contributed by atoms with Crippen LogP contribution >= 0.6 is 0 Å². The summed E-state index contributed by atoms with van der Waals surface area (Å²) in [4.78, 5) is 17.8. The van der Waals surface area contributed by atoms with Crippen LogP contribution in [0.4, 0.5) is 0 Å². The molecule has 0 aliphatic heterocycles. The highest BCUT2D eigenvalue weighted by atomic mass is 16.2. The number of nitrogens with zero attached hydrogens (tertiary/aromatic N) is 2. The molecule has 0 radical (unpaired) electrons. The standard InChI is InChI=1S/C16H18N2O/c1-3-13-6-8-14(9-7-13)12-18(2)16(19)15-5-4-10-17-11-15/h4-11H,3,12H2,1-2H3. The zero-order valence-corrected chi connectivity index (χ0v) is 11.3. The number of amides is 1. The van der Waals surface area contributed by atoms with E-state index in [1.54, 1.807) is 29.4 Å². The number of pyridine rings is 1. The van der Waals surface area contributed by atoms with Gasteiger partial charge in [0, 0.05) is 26.0 Å². The van der Waals surface area contributed by atoms with Crippen LogP contribution in [0.2, 0.25) is 0 Å². The van der Waals surface area contributed by atoms with Crippen LogP contribution in [0.5, 0.6) is 0 Å². The lowest BCUT2D eigenvalue weighted by Gasteiger charge is -2.17. The zero-order valence-electron chi connectivity index (χ0n) is 11.3. The predicted molar refractivity (Wildman–Crippen MR) is 75.9 cm³/mol. The SMILES string of the molecule is CCc1ccc(CN(C)C(=O)c2cccnc2)cc1. The van der Waals surface area contributed by atoms with Gasteiger partial charge in [-0.2, -0.15) is 0 Å². The second kappa shape index (κ2) is 6.14. The molecule has 0 saturated carbocycles. The molecular weight excluding hydrogens is 236 g/mol. The first-order valence-electron chi connectivity index (χ1n) is 6.44. The normalized spacial score (nSPS) is 10.2. The third kappa shape index (κ3) is 3.41. The Morgan fingerprint density at radius 3 is 2.42 bits per heavy atom. The first-order chi connectivity index (χ1) is 9.20. The molecule has 1 aromatic carbocycles. The maximum atomic E-state index is 12.2. The van der Waals surface area contributed by atoms with Crippen molar-refractivity contribution in [2.24, 2.45) is 0 Å². The minimum atomic E-state index is -0.00679. The summed E-state index contributed by atoms with van der Waals surface area (Å²) in [5, 5.41) is 0. The summed E-state index contributed by atoms with van der Waals surface area (Å²) in [6.07, 6.45) is 4.30. The van der Waals surface area contributed by atoms with Crippen molar-refractivity contribution < 1.29 is 4.79 Å². The number of carbonyl (C=O) groups excluding carboxylic acids is 1. The Balaban J connectivity index is 2.04. The van der Waals surface area contributed by atoms with Gasteiger partial charge in [0.15, 0.2) is 0 Å². The molecule has 0 aliphatic rings. The van der Waals surface area contributed by atoms with Gasteiger partial charge in [0.25, 0.3) is 5.91 Å². The Kier molecular flexibility index (Phi) is 4.29. The molecule has 1 amide bonds. The van der Waals surface area contributed by atoms with Crippen molar-refractivity contribution >= 4 is 5.91 Å². The molecule has 0 bridgehead atoms. The van der Waals surface area contributed by atoms with Gasteiger partial charge in [0.2, 0.25) is 0 Å². The van der Waals surface area contributed by atoms with Crippen molar-refractivity contribution in [2.45, 2.75) is 19.9 Å². The Labute approximate surface area is 113 Å².